The summed E-state index contributed by atoms with van der Waals surface area (Å²) in [6.45, 7) is 4.97. The first kappa shape index (κ1) is 22.1. The fourth-order valence-corrected chi connectivity index (χ4v) is 3.88. The van der Waals surface area contributed by atoms with Crippen LogP contribution in [0.15, 0.2) is 35.7 Å². The number of nitrogens with zero attached hydrogens (tertiary/aromatic N) is 1. The van der Waals surface area contributed by atoms with Gasteiger partial charge < -0.3 is 14.4 Å². The van der Waals surface area contributed by atoms with Crippen LogP contribution >= 0.6 is 11.3 Å². The number of ether oxygens (including phenoxy) is 2. The summed E-state index contributed by atoms with van der Waals surface area (Å²) in [4.78, 5) is 26.7. The molecule has 0 unspecified atom stereocenters. The van der Waals surface area contributed by atoms with Gasteiger partial charge in [0.1, 0.15) is 0 Å². The first-order chi connectivity index (χ1) is 13.5. The standard InChI is InChI=1S/C22H29NO4S/c1-5-7-21(24)23(3)14-19-13-18(15-28-19)17-10-8-16(9-11-17)12-20(27-6-2)22(25)26-4/h8-11,13,15,20H,5-7,12,14H2,1-4H3/t20-/m0/s1. The minimum atomic E-state index is -0.579. The van der Waals surface area contributed by atoms with Crippen molar-refractivity contribution >= 4 is 23.2 Å². The van der Waals surface area contributed by atoms with E-state index in [1.807, 2.05) is 45.2 Å². The van der Waals surface area contributed by atoms with Gasteiger partial charge in [-0.2, -0.15) is 0 Å². The van der Waals surface area contributed by atoms with Crippen LogP contribution in [0.25, 0.3) is 11.1 Å². The van der Waals surface area contributed by atoms with E-state index in [0.717, 1.165) is 28.0 Å². The molecule has 152 valence electrons. The lowest BCUT2D eigenvalue weighted by molar-refractivity contribution is -0.153. The molecule has 0 saturated heterocycles. The van der Waals surface area contributed by atoms with Gasteiger partial charge in [-0.05, 0) is 41.5 Å². The summed E-state index contributed by atoms with van der Waals surface area (Å²) >= 11 is 1.66. The Morgan fingerprint density at radius 2 is 1.86 bits per heavy atom. The smallest absolute Gasteiger partial charge is 0.335 e. The second-order valence-electron chi connectivity index (χ2n) is 6.67. The minimum Gasteiger partial charge on any atom is -0.467 e. The van der Waals surface area contributed by atoms with Crippen molar-refractivity contribution in [1.29, 1.82) is 0 Å². The van der Waals surface area contributed by atoms with Crippen molar-refractivity contribution < 1.29 is 19.1 Å². The Balaban J connectivity index is 2.02. The van der Waals surface area contributed by atoms with E-state index in [2.05, 4.69) is 11.4 Å². The third kappa shape index (κ3) is 6.17. The Labute approximate surface area is 171 Å². The molecule has 1 atom stereocenters. The molecular weight excluding hydrogens is 374 g/mol. The van der Waals surface area contributed by atoms with E-state index >= 15 is 0 Å². The molecule has 1 heterocycles. The van der Waals surface area contributed by atoms with E-state index in [-0.39, 0.29) is 11.9 Å². The number of hydrogen-bond donors (Lipinski definition) is 0. The molecule has 0 aliphatic carbocycles. The zero-order chi connectivity index (χ0) is 20.5. The van der Waals surface area contributed by atoms with Crippen LogP contribution in [0.3, 0.4) is 0 Å². The highest BCUT2D eigenvalue weighted by Gasteiger charge is 2.19. The van der Waals surface area contributed by atoms with E-state index in [0.29, 0.717) is 26.0 Å². The number of benzene rings is 1. The van der Waals surface area contributed by atoms with Crippen LogP contribution in [-0.2, 0) is 32.0 Å². The molecular formula is C22H29NO4S. The van der Waals surface area contributed by atoms with Gasteiger partial charge in [-0.1, -0.05) is 31.2 Å². The predicted molar refractivity (Wildman–Crippen MR) is 112 cm³/mol. The summed E-state index contributed by atoms with van der Waals surface area (Å²) in [6, 6.07) is 10.3. The number of hydrogen-bond acceptors (Lipinski definition) is 5. The van der Waals surface area contributed by atoms with Crippen LogP contribution in [-0.4, -0.2) is 43.6 Å². The maximum atomic E-state index is 12.0. The Morgan fingerprint density at radius 3 is 2.46 bits per heavy atom. The lowest BCUT2D eigenvalue weighted by atomic mass is 10.0. The van der Waals surface area contributed by atoms with Crippen molar-refractivity contribution in [2.45, 2.75) is 45.8 Å². The van der Waals surface area contributed by atoms with Crippen LogP contribution in [0.5, 0.6) is 0 Å². The first-order valence-electron chi connectivity index (χ1n) is 9.58. The lowest BCUT2D eigenvalue weighted by Gasteiger charge is -2.15. The van der Waals surface area contributed by atoms with E-state index in [1.54, 1.807) is 16.2 Å². The average Bonchev–Trinajstić information content (AvgIpc) is 3.16. The van der Waals surface area contributed by atoms with Crippen molar-refractivity contribution in [2.75, 3.05) is 20.8 Å². The molecule has 0 bridgehead atoms. The molecule has 0 aliphatic rings. The predicted octanol–water partition coefficient (Wildman–Crippen LogP) is 4.29. The molecule has 6 heteroatoms. The summed E-state index contributed by atoms with van der Waals surface area (Å²) in [5.41, 5.74) is 3.27. The van der Waals surface area contributed by atoms with Crippen molar-refractivity contribution in [3.8, 4) is 11.1 Å². The van der Waals surface area contributed by atoms with Gasteiger partial charge >= 0.3 is 5.97 Å². The summed E-state index contributed by atoms with van der Waals surface area (Å²) < 4.78 is 10.3. The van der Waals surface area contributed by atoms with E-state index in [9.17, 15) is 9.59 Å². The molecule has 1 amide bonds. The highest BCUT2D eigenvalue weighted by atomic mass is 32.1. The average molecular weight is 404 g/mol. The fourth-order valence-electron chi connectivity index (χ4n) is 2.93. The van der Waals surface area contributed by atoms with Crippen LogP contribution in [0.2, 0.25) is 0 Å². The number of esters is 1. The Kier molecular flexibility index (Phi) is 8.67. The fraction of sp³-hybridized carbons (Fsp3) is 0.455. The summed E-state index contributed by atoms with van der Waals surface area (Å²) in [5, 5.41) is 2.11. The summed E-state index contributed by atoms with van der Waals surface area (Å²) in [7, 11) is 3.22. The largest absolute Gasteiger partial charge is 0.467 e. The normalized spacial score (nSPS) is 11.9. The van der Waals surface area contributed by atoms with Crippen molar-refractivity contribution in [1.82, 2.24) is 4.90 Å². The van der Waals surface area contributed by atoms with Crippen molar-refractivity contribution in [3.63, 3.8) is 0 Å². The van der Waals surface area contributed by atoms with E-state index in [1.165, 1.54) is 7.11 Å². The maximum Gasteiger partial charge on any atom is 0.335 e. The van der Waals surface area contributed by atoms with Crippen LogP contribution < -0.4 is 0 Å². The molecule has 1 aromatic carbocycles. The molecule has 0 aliphatic heterocycles. The molecule has 5 nitrogen and oxygen atoms in total. The minimum absolute atomic E-state index is 0.177. The number of rotatable bonds is 10. The molecule has 0 fully saturated rings. The Bertz CT molecular complexity index is 769. The van der Waals surface area contributed by atoms with Crippen molar-refractivity contribution in [2.24, 2.45) is 0 Å². The molecule has 2 aromatic rings. The molecule has 1 aromatic heterocycles. The number of carbonyl (C=O) groups is 2. The monoisotopic (exact) mass is 403 g/mol. The number of carbonyl (C=O) groups excluding carboxylic acids is 2. The topological polar surface area (TPSA) is 55.8 Å². The quantitative estimate of drug-likeness (QED) is 0.555. The van der Waals surface area contributed by atoms with Gasteiger partial charge in [0, 0.05) is 31.4 Å². The third-order valence-corrected chi connectivity index (χ3v) is 5.40. The number of thiophene rings is 1. The SMILES string of the molecule is CCCC(=O)N(C)Cc1cc(-c2ccc(C[C@H](OCC)C(=O)OC)cc2)cs1. The number of amides is 1. The molecule has 0 N–H and O–H groups in total. The van der Waals surface area contributed by atoms with E-state index < -0.39 is 6.10 Å². The Hall–Kier alpha value is -2.18. The van der Waals surface area contributed by atoms with Gasteiger partial charge in [0.15, 0.2) is 6.10 Å². The maximum absolute atomic E-state index is 12.0. The van der Waals surface area contributed by atoms with Gasteiger partial charge in [-0.3, -0.25) is 4.79 Å². The van der Waals surface area contributed by atoms with Gasteiger partial charge in [-0.25, -0.2) is 4.79 Å². The van der Waals surface area contributed by atoms with Crippen LogP contribution in [0.1, 0.15) is 37.1 Å². The summed E-state index contributed by atoms with van der Waals surface area (Å²) in [6.07, 6.45) is 1.36. The van der Waals surface area contributed by atoms with Gasteiger partial charge in [0.05, 0.1) is 13.7 Å². The molecule has 0 radical (unpaired) electrons. The molecule has 28 heavy (non-hydrogen) atoms. The third-order valence-electron chi connectivity index (χ3n) is 4.48. The van der Waals surface area contributed by atoms with Crippen LogP contribution in [0.4, 0.5) is 0 Å². The van der Waals surface area contributed by atoms with Crippen molar-refractivity contribution in [3.05, 3.63) is 46.2 Å². The first-order valence-corrected chi connectivity index (χ1v) is 10.5. The highest BCUT2D eigenvalue weighted by molar-refractivity contribution is 7.10. The highest BCUT2D eigenvalue weighted by Crippen LogP contribution is 2.27. The van der Waals surface area contributed by atoms with Gasteiger partial charge in [-0.15, -0.1) is 11.3 Å². The summed E-state index contributed by atoms with van der Waals surface area (Å²) in [5.74, 6) is -0.175. The van der Waals surface area contributed by atoms with Crippen LogP contribution in [0, 0.1) is 0 Å². The molecule has 0 saturated carbocycles. The molecule has 2 rings (SSSR count). The zero-order valence-corrected chi connectivity index (χ0v) is 17.9. The second kappa shape index (κ2) is 11.0. The van der Waals surface area contributed by atoms with E-state index in [4.69, 9.17) is 9.47 Å². The Morgan fingerprint density at radius 1 is 1.14 bits per heavy atom. The van der Waals surface area contributed by atoms with Gasteiger partial charge in [0.2, 0.25) is 5.91 Å². The second-order valence-corrected chi connectivity index (χ2v) is 7.67. The lowest BCUT2D eigenvalue weighted by Crippen LogP contribution is -2.28. The van der Waals surface area contributed by atoms with Gasteiger partial charge in [0.25, 0.3) is 0 Å². The number of methoxy groups -OCH3 is 1. The zero-order valence-electron chi connectivity index (χ0n) is 17.1. The molecule has 0 spiro atoms.